The highest BCUT2D eigenvalue weighted by Crippen LogP contribution is 2.42. The van der Waals surface area contributed by atoms with Crippen molar-refractivity contribution in [2.75, 3.05) is 0 Å². The molecule has 7 rings (SSSR count). The Morgan fingerprint density at radius 3 is 2.16 bits per heavy atom. The largest absolute Gasteiger partial charge is 0.256 e. The summed E-state index contributed by atoms with van der Waals surface area (Å²) in [7, 11) is 0. The first-order valence-electron chi connectivity index (χ1n) is 15.4. The Kier molecular flexibility index (Phi) is 6.90. The Labute approximate surface area is 264 Å². The van der Waals surface area contributed by atoms with Gasteiger partial charge in [-0.2, -0.15) is 0 Å². The summed E-state index contributed by atoms with van der Waals surface area (Å²) in [6.45, 7) is 13.7. The summed E-state index contributed by atoms with van der Waals surface area (Å²) in [4.78, 5) is 9.71. The molecule has 3 heterocycles. The summed E-state index contributed by atoms with van der Waals surface area (Å²) in [5.74, 6) is 0. The lowest BCUT2D eigenvalue weighted by Crippen LogP contribution is -2.11. The zero-order valence-electron chi connectivity index (χ0n) is 26.4. The Hall–Kier alpha value is -4.34. The Balaban J connectivity index is 1.36. The normalized spacial score (nSPS) is 12.4. The average Bonchev–Trinajstić information content (AvgIpc) is 3.40. The Morgan fingerprint density at radius 1 is 0.591 bits per heavy atom. The van der Waals surface area contributed by atoms with Crippen molar-refractivity contribution in [2.24, 2.45) is 5.41 Å². The van der Waals surface area contributed by atoms with Gasteiger partial charge in [-0.3, -0.25) is 9.97 Å². The molecule has 0 N–H and O–H groups in total. The zero-order chi connectivity index (χ0) is 30.6. The molecule has 3 aromatic heterocycles. The topological polar surface area (TPSA) is 25.8 Å². The van der Waals surface area contributed by atoms with Gasteiger partial charge in [-0.05, 0) is 80.6 Å². The monoisotopic (exact) mass is 590 g/mol. The van der Waals surface area contributed by atoms with E-state index in [4.69, 9.17) is 9.97 Å². The molecule has 44 heavy (non-hydrogen) atoms. The molecule has 3 heteroatoms. The molecule has 218 valence electrons. The molecule has 2 nitrogen and oxygen atoms in total. The van der Waals surface area contributed by atoms with Crippen LogP contribution in [0.5, 0.6) is 0 Å². The van der Waals surface area contributed by atoms with Crippen LogP contribution in [0.2, 0.25) is 0 Å². The zero-order valence-corrected chi connectivity index (χ0v) is 27.2. The third kappa shape index (κ3) is 5.31. The van der Waals surface area contributed by atoms with Crippen molar-refractivity contribution in [3.63, 3.8) is 0 Å². The van der Waals surface area contributed by atoms with Gasteiger partial charge in [0, 0.05) is 39.0 Å². The summed E-state index contributed by atoms with van der Waals surface area (Å²) < 4.78 is 2.64. The van der Waals surface area contributed by atoms with Crippen LogP contribution in [0.4, 0.5) is 0 Å². The number of benzene rings is 4. The third-order valence-corrected chi connectivity index (χ3v) is 9.77. The standard InChI is InChI=1S/C41H38N2S/c1-40(2,3)25-30-13-9-15-33-34-19-21-43-37(39(34)44-38(30)33)29-17-16-26-10-8-14-32(35(26)23-29)27-11-7-12-28(22-27)36-24-31(18-20-42-36)41(4,5)6/h7-24H,25H2,1-6H3. The molecule has 4 aromatic carbocycles. The van der Waals surface area contributed by atoms with Gasteiger partial charge in [0.2, 0.25) is 0 Å². The highest BCUT2D eigenvalue weighted by atomic mass is 32.1. The van der Waals surface area contributed by atoms with Crippen LogP contribution in [-0.2, 0) is 11.8 Å². The van der Waals surface area contributed by atoms with Gasteiger partial charge in [0.05, 0.1) is 16.1 Å². The number of hydrogen-bond acceptors (Lipinski definition) is 3. The molecule has 0 radical (unpaired) electrons. The minimum atomic E-state index is 0.0702. The van der Waals surface area contributed by atoms with Gasteiger partial charge in [-0.25, -0.2) is 0 Å². The second kappa shape index (κ2) is 10.7. The maximum atomic E-state index is 4.97. The first kappa shape index (κ1) is 28.4. The van der Waals surface area contributed by atoms with Crippen LogP contribution in [0.25, 0.3) is 64.6 Å². The van der Waals surface area contributed by atoms with Crippen LogP contribution in [0.15, 0.2) is 109 Å². The lowest BCUT2D eigenvalue weighted by atomic mass is 9.86. The fourth-order valence-corrected chi connectivity index (χ4v) is 7.59. The minimum absolute atomic E-state index is 0.0702. The van der Waals surface area contributed by atoms with Crippen molar-refractivity contribution >= 4 is 42.3 Å². The fraction of sp³-hybridized carbons (Fsp3) is 0.220. The van der Waals surface area contributed by atoms with E-state index in [1.54, 1.807) is 0 Å². The maximum Gasteiger partial charge on any atom is 0.0880 e. The summed E-state index contributed by atoms with van der Waals surface area (Å²) >= 11 is 1.89. The van der Waals surface area contributed by atoms with Crippen LogP contribution >= 0.6 is 11.3 Å². The SMILES string of the molecule is CC(C)(C)Cc1cccc2c1sc1c(-c3ccc4cccc(-c5cccc(-c6cc(C(C)(C)C)ccn6)c5)c4c3)nccc12. The quantitative estimate of drug-likeness (QED) is 0.204. The summed E-state index contributed by atoms with van der Waals surface area (Å²) in [5, 5.41) is 5.07. The molecule has 0 saturated heterocycles. The summed E-state index contributed by atoms with van der Waals surface area (Å²) in [6, 6.07) is 35.5. The van der Waals surface area contributed by atoms with Gasteiger partial charge in [0.1, 0.15) is 0 Å². The van der Waals surface area contributed by atoms with Crippen LogP contribution in [0.1, 0.15) is 52.7 Å². The van der Waals surface area contributed by atoms with Crippen molar-refractivity contribution in [1.29, 1.82) is 0 Å². The second-order valence-electron chi connectivity index (χ2n) is 14.2. The van der Waals surface area contributed by atoms with Gasteiger partial charge in [-0.1, -0.05) is 108 Å². The van der Waals surface area contributed by atoms with Crippen LogP contribution in [-0.4, -0.2) is 9.97 Å². The first-order valence-corrected chi connectivity index (χ1v) is 16.3. The highest BCUT2D eigenvalue weighted by molar-refractivity contribution is 7.26. The van der Waals surface area contributed by atoms with Gasteiger partial charge >= 0.3 is 0 Å². The Bertz CT molecular complexity index is 2170. The van der Waals surface area contributed by atoms with E-state index in [0.29, 0.717) is 0 Å². The van der Waals surface area contributed by atoms with Gasteiger partial charge in [-0.15, -0.1) is 11.3 Å². The van der Waals surface area contributed by atoms with E-state index in [-0.39, 0.29) is 10.8 Å². The van der Waals surface area contributed by atoms with E-state index in [9.17, 15) is 0 Å². The van der Waals surface area contributed by atoms with E-state index in [0.717, 1.165) is 28.9 Å². The fourth-order valence-electron chi connectivity index (χ4n) is 6.27. The number of fused-ring (bicyclic) bond motifs is 4. The first-order chi connectivity index (χ1) is 21.0. The Morgan fingerprint density at radius 2 is 1.34 bits per heavy atom. The number of pyridine rings is 2. The lowest BCUT2D eigenvalue weighted by molar-refractivity contribution is 0.413. The molecule has 0 unspecified atom stereocenters. The summed E-state index contributed by atoms with van der Waals surface area (Å²) in [6.07, 6.45) is 4.95. The van der Waals surface area contributed by atoms with Crippen LogP contribution in [0.3, 0.4) is 0 Å². The average molecular weight is 591 g/mol. The summed E-state index contributed by atoms with van der Waals surface area (Å²) in [5.41, 5.74) is 9.75. The van der Waals surface area contributed by atoms with E-state index in [2.05, 4.69) is 139 Å². The molecule has 0 aliphatic heterocycles. The molecule has 0 saturated carbocycles. The number of hydrogen-bond donors (Lipinski definition) is 0. The number of nitrogens with zero attached hydrogens (tertiary/aromatic N) is 2. The minimum Gasteiger partial charge on any atom is -0.256 e. The van der Waals surface area contributed by atoms with Gasteiger partial charge in [0.15, 0.2) is 0 Å². The maximum absolute atomic E-state index is 4.97. The molecular weight excluding hydrogens is 553 g/mol. The number of rotatable bonds is 4. The van der Waals surface area contributed by atoms with Crippen molar-refractivity contribution in [3.8, 4) is 33.6 Å². The highest BCUT2D eigenvalue weighted by Gasteiger charge is 2.19. The molecule has 0 atom stereocenters. The van der Waals surface area contributed by atoms with E-state index < -0.39 is 0 Å². The third-order valence-electron chi connectivity index (χ3n) is 8.47. The van der Waals surface area contributed by atoms with Crippen LogP contribution < -0.4 is 0 Å². The molecular formula is C41H38N2S. The molecule has 7 aromatic rings. The second-order valence-corrected chi connectivity index (χ2v) is 15.2. The van der Waals surface area contributed by atoms with E-state index in [1.807, 2.05) is 23.7 Å². The number of thiophene rings is 1. The van der Waals surface area contributed by atoms with Crippen molar-refractivity contribution < 1.29 is 0 Å². The van der Waals surface area contributed by atoms with Gasteiger partial charge in [0.25, 0.3) is 0 Å². The predicted octanol–water partition coefficient (Wildman–Crippen LogP) is 11.9. The van der Waals surface area contributed by atoms with Crippen molar-refractivity contribution in [3.05, 3.63) is 121 Å². The molecule has 0 bridgehead atoms. The van der Waals surface area contributed by atoms with Gasteiger partial charge < -0.3 is 0 Å². The van der Waals surface area contributed by atoms with Crippen LogP contribution in [0, 0.1) is 5.41 Å². The molecule has 0 aliphatic rings. The lowest BCUT2D eigenvalue weighted by Gasteiger charge is -2.19. The van der Waals surface area contributed by atoms with E-state index >= 15 is 0 Å². The molecule has 0 aliphatic carbocycles. The molecule has 0 amide bonds. The smallest absolute Gasteiger partial charge is 0.0880 e. The predicted molar refractivity (Wildman–Crippen MR) is 191 cm³/mol. The van der Waals surface area contributed by atoms with Crippen molar-refractivity contribution in [1.82, 2.24) is 9.97 Å². The van der Waals surface area contributed by atoms with Crippen molar-refractivity contribution in [2.45, 2.75) is 53.4 Å². The molecule has 0 fully saturated rings. The number of aromatic nitrogens is 2. The molecule has 0 spiro atoms. The van der Waals surface area contributed by atoms with E-state index in [1.165, 1.54) is 53.2 Å².